The van der Waals surface area contributed by atoms with E-state index in [0.29, 0.717) is 55.5 Å². The van der Waals surface area contributed by atoms with Crippen molar-refractivity contribution in [1.82, 2.24) is 10.6 Å². The summed E-state index contributed by atoms with van der Waals surface area (Å²) in [6.07, 6.45) is 5.27. The summed E-state index contributed by atoms with van der Waals surface area (Å²) < 4.78 is 6.06. The molecule has 3 aromatic rings. The van der Waals surface area contributed by atoms with Gasteiger partial charge in [-0.05, 0) is 97.0 Å². The van der Waals surface area contributed by atoms with Gasteiger partial charge in [-0.3, -0.25) is 14.4 Å². The van der Waals surface area contributed by atoms with Crippen molar-refractivity contribution in [2.45, 2.75) is 44.4 Å². The van der Waals surface area contributed by atoms with Crippen LogP contribution >= 0.6 is 0 Å². The van der Waals surface area contributed by atoms with Crippen LogP contribution in [-0.4, -0.2) is 42.6 Å². The van der Waals surface area contributed by atoms with Crippen molar-refractivity contribution in [3.05, 3.63) is 77.4 Å². The molecule has 0 heterocycles. The second-order valence-corrected chi connectivity index (χ2v) is 10.5. The van der Waals surface area contributed by atoms with Crippen LogP contribution in [0, 0.1) is 11.8 Å². The third kappa shape index (κ3) is 6.33. The molecule has 2 fully saturated rings. The summed E-state index contributed by atoms with van der Waals surface area (Å²) in [6.45, 7) is 1.24. The zero-order chi connectivity index (χ0) is 26.5. The van der Waals surface area contributed by atoms with Gasteiger partial charge in [0.15, 0.2) is 0 Å². The van der Waals surface area contributed by atoms with Crippen molar-refractivity contribution < 1.29 is 24.2 Å². The van der Waals surface area contributed by atoms with Crippen molar-refractivity contribution in [2.24, 2.45) is 11.8 Å². The van der Waals surface area contributed by atoms with E-state index < -0.39 is 5.97 Å². The summed E-state index contributed by atoms with van der Waals surface area (Å²) in [5.41, 5.74) is 2.26. The fraction of sp³-hybridized carbons (Fsp3) is 0.387. The molecule has 198 valence electrons. The number of carboxylic acids is 1. The maximum Gasteiger partial charge on any atom is 0.306 e. The molecular formula is C31H34N2O5. The number of aliphatic carboxylic acids is 1. The molecule has 2 aliphatic rings. The Kier molecular flexibility index (Phi) is 7.91. The van der Waals surface area contributed by atoms with Gasteiger partial charge in [0.05, 0.1) is 12.5 Å². The van der Waals surface area contributed by atoms with Crippen LogP contribution in [0.4, 0.5) is 0 Å². The molecule has 2 amide bonds. The first-order chi connectivity index (χ1) is 18.5. The van der Waals surface area contributed by atoms with E-state index in [2.05, 4.69) is 10.6 Å². The lowest BCUT2D eigenvalue weighted by Gasteiger charge is -2.26. The highest BCUT2D eigenvalue weighted by Crippen LogP contribution is 2.43. The number of amides is 2. The monoisotopic (exact) mass is 514 g/mol. The van der Waals surface area contributed by atoms with Crippen molar-refractivity contribution in [3.8, 4) is 5.75 Å². The number of fused-ring (bicyclic) bond motifs is 1. The van der Waals surface area contributed by atoms with E-state index in [1.807, 2.05) is 60.7 Å². The molecule has 0 bridgehead atoms. The van der Waals surface area contributed by atoms with Crippen molar-refractivity contribution in [2.75, 3.05) is 19.7 Å². The Hall–Kier alpha value is -3.87. The summed E-state index contributed by atoms with van der Waals surface area (Å²) in [4.78, 5) is 36.7. The molecule has 0 radical (unpaired) electrons. The van der Waals surface area contributed by atoms with Gasteiger partial charge >= 0.3 is 5.97 Å². The van der Waals surface area contributed by atoms with Gasteiger partial charge in [-0.25, -0.2) is 0 Å². The Morgan fingerprint density at radius 1 is 0.789 bits per heavy atom. The predicted molar refractivity (Wildman–Crippen MR) is 146 cm³/mol. The third-order valence-electron chi connectivity index (χ3n) is 7.67. The maximum atomic E-state index is 12.9. The van der Waals surface area contributed by atoms with E-state index in [9.17, 15) is 19.5 Å². The van der Waals surface area contributed by atoms with E-state index in [-0.39, 0.29) is 17.7 Å². The van der Waals surface area contributed by atoms with Crippen LogP contribution < -0.4 is 15.4 Å². The maximum absolute atomic E-state index is 12.9. The topological polar surface area (TPSA) is 105 Å². The fourth-order valence-corrected chi connectivity index (χ4v) is 5.24. The molecule has 38 heavy (non-hydrogen) atoms. The van der Waals surface area contributed by atoms with Gasteiger partial charge in [-0.2, -0.15) is 0 Å². The van der Waals surface area contributed by atoms with E-state index >= 15 is 0 Å². The Bertz CT molecular complexity index is 1320. The highest BCUT2D eigenvalue weighted by molar-refractivity contribution is 5.99. The van der Waals surface area contributed by atoms with Crippen LogP contribution in [0.1, 0.15) is 70.7 Å². The number of benzene rings is 3. The Balaban J connectivity index is 1.11. The van der Waals surface area contributed by atoms with Gasteiger partial charge < -0.3 is 20.5 Å². The highest BCUT2D eigenvalue weighted by atomic mass is 16.5. The van der Waals surface area contributed by atoms with Crippen LogP contribution in [0.3, 0.4) is 0 Å². The first-order valence-electron chi connectivity index (χ1n) is 13.5. The molecule has 0 atom stereocenters. The summed E-state index contributed by atoms with van der Waals surface area (Å²) in [7, 11) is 0. The Morgan fingerprint density at radius 3 is 2.21 bits per heavy atom. The average molecular weight is 515 g/mol. The first kappa shape index (κ1) is 25.8. The molecule has 5 rings (SSSR count). The second-order valence-electron chi connectivity index (χ2n) is 10.5. The van der Waals surface area contributed by atoms with Crippen molar-refractivity contribution in [1.29, 1.82) is 0 Å². The number of hydrogen-bond acceptors (Lipinski definition) is 4. The highest BCUT2D eigenvalue weighted by Gasteiger charge is 2.29. The smallest absolute Gasteiger partial charge is 0.306 e. The van der Waals surface area contributed by atoms with Gasteiger partial charge in [0, 0.05) is 24.2 Å². The number of carbonyl (C=O) groups excluding carboxylic acids is 2. The molecule has 2 saturated carbocycles. The van der Waals surface area contributed by atoms with E-state index in [0.717, 1.165) is 47.8 Å². The van der Waals surface area contributed by atoms with Gasteiger partial charge in [-0.15, -0.1) is 0 Å². The average Bonchev–Trinajstić information content (AvgIpc) is 3.79. The summed E-state index contributed by atoms with van der Waals surface area (Å²) >= 11 is 0. The summed E-state index contributed by atoms with van der Waals surface area (Å²) in [5.74, 6) is 0.260. The molecule has 0 saturated heterocycles. The van der Waals surface area contributed by atoms with Gasteiger partial charge in [-0.1, -0.05) is 30.3 Å². The van der Waals surface area contributed by atoms with Gasteiger partial charge in [0.2, 0.25) is 0 Å². The normalized spacial score (nSPS) is 19.1. The zero-order valence-electron chi connectivity index (χ0n) is 21.4. The number of rotatable bonds is 10. The third-order valence-corrected chi connectivity index (χ3v) is 7.67. The quantitative estimate of drug-likeness (QED) is 0.325. The van der Waals surface area contributed by atoms with Crippen LogP contribution in [0.2, 0.25) is 0 Å². The van der Waals surface area contributed by atoms with Crippen LogP contribution in [0.5, 0.6) is 5.75 Å². The lowest BCUT2D eigenvalue weighted by atomic mass is 9.82. The Labute approximate surface area is 222 Å². The molecule has 0 aliphatic heterocycles. The zero-order valence-corrected chi connectivity index (χ0v) is 21.4. The van der Waals surface area contributed by atoms with Crippen LogP contribution in [-0.2, 0) is 4.79 Å². The molecule has 7 heteroatoms. The second kappa shape index (κ2) is 11.7. The molecule has 0 spiro atoms. The van der Waals surface area contributed by atoms with Gasteiger partial charge in [0.25, 0.3) is 11.8 Å². The Morgan fingerprint density at radius 2 is 1.50 bits per heavy atom. The first-order valence-corrected chi connectivity index (χ1v) is 13.5. The van der Waals surface area contributed by atoms with E-state index in [1.54, 1.807) is 0 Å². The summed E-state index contributed by atoms with van der Waals surface area (Å²) in [5, 5.41) is 17.1. The molecule has 7 nitrogen and oxygen atoms in total. The SMILES string of the molecule is O=C(NCCNC(=O)c1ccc(OCC2CCC(C(=O)O)CC2)cc1C1CC1)c1ccc2ccccc2c1. The molecule has 0 aromatic heterocycles. The fourth-order valence-electron chi connectivity index (χ4n) is 5.24. The van der Waals surface area contributed by atoms with E-state index in [4.69, 9.17) is 4.74 Å². The molecule has 3 N–H and O–H groups in total. The minimum absolute atomic E-state index is 0.148. The van der Waals surface area contributed by atoms with Crippen molar-refractivity contribution in [3.63, 3.8) is 0 Å². The summed E-state index contributed by atoms with van der Waals surface area (Å²) in [6, 6.07) is 19.2. The minimum atomic E-state index is -0.695. The molecule has 0 unspecified atom stereocenters. The number of carbonyl (C=O) groups is 3. The predicted octanol–water partition coefficient (Wildman–Crippen LogP) is 5.15. The van der Waals surface area contributed by atoms with Gasteiger partial charge in [0.1, 0.15) is 5.75 Å². The number of carboxylic acid groups (broad SMARTS) is 1. The minimum Gasteiger partial charge on any atom is -0.493 e. The lowest BCUT2D eigenvalue weighted by Crippen LogP contribution is -2.35. The molecule has 3 aromatic carbocycles. The van der Waals surface area contributed by atoms with Crippen LogP contribution in [0.25, 0.3) is 10.8 Å². The molecular weight excluding hydrogens is 480 g/mol. The number of hydrogen-bond donors (Lipinski definition) is 3. The van der Waals surface area contributed by atoms with Crippen LogP contribution in [0.15, 0.2) is 60.7 Å². The number of nitrogens with one attached hydrogen (secondary N) is 2. The molecule has 2 aliphatic carbocycles. The van der Waals surface area contributed by atoms with E-state index in [1.165, 1.54) is 0 Å². The number of ether oxygens (including phenoxy) is 1. The lowest BCUT2D eigenvalue weighted by molar-refractivity contribution is -0.143. The largest absolute Gasteiger partial charge is 0.493 e. The van der Waals surface area contributed by atoms with Crippen molar-refractivity contribution >= 4 is 28.6 Å². The standard InChI is InChI=1S/C31H34N2O5/c34-29(25-12-9-21-3-1-2-4-24(21)17-25)32-15-16-33-30(35)27-14-13-26(18-28(27)22-10-11-22)38-19-20-5-7-23(8-6-20)31(36)37/h1-4,9,12-14,17-18,20,22-23H,5-8,10-11,15-16,19H2,(H,32,34)(H,33,35)(H,36,37).